The quantitative estimate of drug-likeness (QED) is 0.897. The van der Waals surface area contributed by atoms with E-state index in [-0.39, 0.29) is 17.7 Å². The van der Waals surface area contributed by atoms with E-state index in [0.29, 0.717) is 25.6 Å². The Morgan fingerprint density at radius 3 is 3.00 bits per heavy atom. The van der Waals surface area contributed by atoms with Gasteiger partial charge in [0.15, 0.2) is 0 Å². The van der Waals surface area contributed by atoms with Crippen LogP contribution in [-0.4, -0.2) is 34.3 Å². The van der Waals surface area contributed by atoms with E-state index in [1.807, 2.05) is 22.4 Å². The van der Waals surface area contributed by atoms with Gasteiger partial charge in [0.25, 0.3) is 0 Å². The zero-order valence-corrected chi connectivity index (χ0v) is 15.0. The molecular formula is C19H21N3O2S. The maximum absolute atomic E-state index is 12.4. The first-order chi connectivity index (χ1) is 12.1. The molecule has 4 rings (SSSR count). The molecular weight excluding hydrogens is 334 g/mol. The molecule has 1 saturated carbocycles. The second kappa shape index (κ2) is 6.59. The maximum Gasteiger partial charge on any atom is 0.225 e. The molecule has 1 N–H and O–H groups in total. The number of hydrogen-bond donors (Lipinski definition) is 1. The number of thiazole rings is 1. The largest absolute Gasteiger partial charge is 0.350 e. The number of hydrogen-bond acceptors (Lipinski definition) is 4. The van der Waals surface area contributed by atoms with Gasteiger partial charge in [-0.25, -0.2) is 4.98 Å². The topological polar surface area (TPSA) is 62.3 Å². The summed E-state index contributed by atoms with van der Waals surface area (Å²) in [5.41, 5.74) is 3.16. The zero-order chi connectivity index (χ0) is 17.4. The zero-order valence-electron chi connectivity index (χ0n) is 14.2. The lowest BCUT2D eigenvalue weighted by atomic mass is 10.1. The monoisotopic (exact) mass is 355 g/mol. The van der Waals surface area contributed by atoms with E-state index in [9.17, 15) is 9.59 Å². The molecule has 0 radical (unpaired) electrons. The second-order valence-electron chi connectivity index (χ2n) is 6.91. The molecule has 5 nitrogen and oxygen atoms in total. The van der Waals surface area contributed by atoms with Crippen molar-refractivity contribution in [2.24, 2.45) is 5.92 Å². The van der Waals surface area contributed by atoms with Gasteiger partial charge in [-0.3, -0.25) is 9.59 Å². The van der Waals surface area contributed by atoms with Crippen LogP contribution in [0, 0.1) is 12.8 Å². The van der Waals surface area contributed by atoms with E-state index in [4.69, 9.17) is 0 Å². The standard InChI is InChI=1S/C19H21N3O2S/c1-12-3-2-4-13(7-12)19-21-15(11-25-19)9-20-18(24)14-8-17(23)22(10-14)16-5-6-16/h2-4,7,11,14,16H,5-6,8-10H2,1H3,(H,20,24)/t14-/m1/s1. The minimum atomic E-state index is -0.219. The normalized spacial score (nSPS) is 20.1. The molecule has 2 heterocycles. The summed E-state index contributed by atoms with van der Waals surface area (Å²) in [6.45, 7) is 3.04. The van der Waals surface area contributed by atoms with Crippen LogP contribution in [0.5, 0.6) is 0 Å². The van der Waals surface area contributed by atoms with Gasteiger partial charge in [0.05, 0.1) is 18.2 Å². The highest BCUT2D eigenvalue weighted by molar-refractivity contribution is 7.13. The number of benzene rings is 1. The Labute approximate surface area is 151 Å². The molecule has 1 aliphatic carbocycles. The summed E-state index contributed by atoms with van der Waals surface area (Å²) in [6, 6.07) is 8.63. The van der Waals surface area contributed by atoms with Crippen molar-refractivity contribution in [3.63, 3.8) is 0 Å². The van der Waals surface area contributed by atoms with Crippen molar-refractivity contribution in [2.75, 3.05) is 6.54 Å². The molecule has 1 saturated heterocycles. The molecule has 0 bridgehead atoms. The predicted molar refractivity (Wildman–Crippen MR) is 97.0 cm³/mol. The molecule has 2 aliphatic rings. The number of amides is 2. The van der Waals surface area contributed by atoms with Crippen LogP contribution < -0.4 is 5.32 Å². The van der Waals surface area contributed by atoms with Gasteiger partial charge in [-0.2, -0.15) is 0 Å². The van der Waals surface area contributed by atoms with E-state index in [1.165, 1.54) is 5.56 Å². The van der Waals surface area contributed by atoms with E-state index < -0.39 is 0 Å². The van der Waals surface area contributed by atoms with Crippen molar-refractivity contribution in [3.05, 3.63) is 40.9 Å². The van der Waals surface area contributed by atoms with Crippen molar-refractivity contribution in [1.29, 1.82) is 0 Å². The fraction of sp³-hybridized carbons (Fsp3) is 0.421. The molecule has 0 unspecified atom stereocenters. The fourth-order valence-electron chi connectivity index (χ4n) is 3.27. The first kappa shape index (κ1) is 16.3. The van der Waals surface area contributed by atoms with Crippen LogP contribution in [0.25, 0.3) is 10.6 Å². The van der Waals surface area contributed by atoms with Gasteiger partial charge >= 0.3 is 0 Å². The van der Waals surface area contributed by atoms with Crippen LogP contribution in [0.2, 0.25) is 0 Å². The highest BCUT2D eigenvalue weighted by Gasteiger charge is 2.41. The van der Waals surface area contributed by atoms with Gasteiger partial charge in [0.2, 0.25) is 11.8 Å². The van der Waals surface area contributed by atoms with Crippen molar-refractivity contribution in [1.82, 2.24) is 15.2 Å². The number of carbonyl (C=O) groups is 2. The van der Waals surface area contributed by atoms with Gasteiger partial charge in [-0.05, 0) is 25.8 Å². The van der Waals surface area contributed by atoms with Gasteiger partial charge in [0.1, 0.15) is 5.01 Å². The third-order valence-electron chi connectivity index (χ3n) is 4.78. The van der Waals surface area contributed by atoms with Gasteiger partial charge in [0, 0.05) is 30.0 Å². The Kier molecular flexibility index (Phi) is 4.29. The summed E-state index contributed by atoms with van der Waals surface area (Å²) in [5.74, 6) is -0.136. The Hall–Kier alpha value is -2.21. The first-order valence-corrected chi connectivity index (χ1v) is 9.57. The number of aryl methyl sites for hydroxylation is 1. The molecule has 1 aliphatic heterocycles. The highest BCUT2D eigenvalue weighted by Crippen LogP contribution is 2.32. The Morgan fingerprint density at radius 2 is 2.24 bits per heavy atom. The van der Waals surface area contributed by atoms with Crippen LogP contribution in [0.4, 0.5) is 0 Å². The minimum Gasteiger partial charge on any atom is -0.350 e. The van der Waals surface area contributed by atoms with E-state index in [0.717, 1.165) is 29.1 Å². The van der Waals surface area contributed by atoms with Crippen LogP contribution in [0.3, 0.4) is 0 Å². The average Bonchev–Trinajstić information content (AvgIpc) is 3.19. The Morgan fingerprint density at radius 1 is 1.40 bits per heavy atom. The van der Waals surface area contributed by atoms with Crippen molar-refractivity contribution < 1.29 is 9.59 Å². The number of rotatable bonds is 5. The summed E-state index contributed by atoms with van der Waals surface area (Å²) in [7, 11) is 0. The summed E-state index contributed by atoms with van der Waals surface area (Å²) < 4.78 is 0. The van der Waals surface area contributed by atoms with Crippen LogP contribution in [0.1, 0.15) is 30.5 Å². The molecule has 1 aromatic carbocycles. The van der Waals surface area contributed by atoms with Gasteiger partial charge in [-0.15, -0.1) is 11.3 Å². The fourth-order valence-corrected chi connectivity index (χ4v) is 4.08. The SMILES string of the molecule is Cc1cccc(-c2nc(CNC(=O)[C@@H]3CC(=O)N(C4CC4)C3)cs2)c1. The van der Waals surface area contributed by atoms with E-state index in [2.05, 4.69) is 29.4 Å². The molecule has 6 heteroatoms. The Bertz CT molecular complexity index is 813. The molecule has 1 aromatic heterocycles. The van der Waals surface area contributed by atoms with E-state index >= 15 is 0 Å². The smallest absolute Gasteiger partial charge is 0.225 e. The molecule has 1 atom stereocenters. The van der Waals surface area contributed by atoms with E-state index in [1.54, 1.807) is 11.3 Å². The van der Waals surface area contributed by atoms with Gasteiger partial charge < -0.3 is 10.2 Å². The maximum atomic E-state index is 12.4. The summed E-state index contributed by atoms with van der Waals surface area (Å²) in [5, 5.41) is 5.89. The number of carbonyl (C=O) groups excluding carboxylic acids is 2. The van der Waals surface area contributed by atoms with Crippen LogP contribution >= 0.6 is 11.3 Å². The lowest BCUT2D eigenvalue weighted by Crippen LogP contribution is -2.33. The number of likely N-dealkylation sites (tertiary alicyclic amines) is 1. The van der Waals surface area contributed by atoms with Crippen LogP contribution in [0.15, 0.2) is 29.6 Å². The third kappa shape index (κ3) is 3.58. The lowest BCUT2D eigenvalue weighted by Gasteiger charge is -2.15. The molecule has 0 spiro atoms. The highest BCUT2D eigenvalue weighted by atomic mass is 32.1. The molecule has 130 valence electrons. The first-order valence-electron chi connectivity index (χ1n) is 8.69. The third-order valence-corrected chi connectivity index (χ3v) is 5.72. The second-order valence-corrected chi connectivity index (χ2v) is 7.77. The average molecular weight is 355 g/mol. The molecule has 2 amide bonds. The van der Waals surface area contributed by atoms with Gasteiger partial charge in [-0.1, -0.05) is 23.8 Å². The number of nitrogens with one attached hydrogen (secondary N) is 1. The molecule has 25 heavy (non-hydrogen) atoms. The Balaban J connectivity index is 1.34. The minimum absolute atomic E-state index is 0.0402. The summed E-state index contributed by atoms with van der Waals surface area (Å²) in [4.78, 5) is 30.8. The summed E-state index contributed by atoms with van der Waals surface area (Å²) >= 11 is 1.58. The number of aromatic nitrogens is 1. The predicted octanol–water partition coefficient (Wildman–Crippen LogP) is 2.75. The van der Waals surface area contributed by atoms with Crippen molar-refractivity contribution in [3.8, 4) is 10.6 Å². The van der Waals surface area contributed by atoms with Crippen LogP contribution in [-0.2, 0) is 16.1 Å². The summed E-state index contributed by atoms with van der Waals surface area (Å²) in [6.07, 6.45) is 2.51. The number of nitrogens with zero attached hydrogens (tertiary/aromatic N) is 2. The van der Waals surface area contributed by atoms with Crippen molar-refractivity contribution in [2.45, 2.75) is 38.8 Å². The van der Waals surface area contributed by atoms with Crippen molar-refractivity contribution >= 4 is 23.2 Å². The lowest BCUT2D eigenvalue weighted by molar-refractivity contribution is -0.129. The molecule has 2 aromatic rings. The molecule has 2 fully saturated rings.